The molecule has 0 aliphatic carbocycles. The number of fused-ring (bicyclic) bond motifs is 1. The van der Waals surface area contributed by atoms with Gasteiger partial charge in [-0.05, 0) is 79.9 Å². The number of carbonyl (C=O) groups excluding carboxylic acids is 3. The van der Waals surface area contributed by atoms with Crippen molar-refractivity contribution in [1.82, 2.24) is 0 Å². The van der Waals surface area contributed by atoms with Gasteiger partial charge in [0.15, 0.2) is 12.2 Å². The number of hydrogen-bond acceptors (Lipinski definition) is 9. The van der Waals surface area contributed by atoms with Crippen LogP contribution in [-0.2, 0) is 33.9 Å². The number of esters is 3. The third-order valence-corrected chi connectivity index (χ3v) is 12.4. The summed E-state index contributed by atoms with van der Waals surface area (Å²) in [7, 11) is -6.00. The average Bonchev–Trinajstić information content (AvgIpc) is 3.36. The van der Waals surface area contributed by atoms with Crippen molar-refractivity contribution < 1.29 is 67.9 Å². The first-order valence-electron chi connectivity index (χ1n) is 10.2. The zero-order chi connectivity index (χ0) is 29.5. The van der Waals surface area contributed by atoms with Gasteiger partial charge in [0.25, 0.3) is 10.1 Å². The monoisotopic (exact) mass is 942 g/mol. The van der Waals surface area contributed by atoms with Crippen molar-refractivity contribution in [1.29, 1.82) is 0 Å². The molecule has 6 atom stereocenters. The van der Waals surface area contributed by atoms with Crippen LogP contribution in [0.2, 0.25) is 0 Å². The summed E-state index contributed by atoms with van der Waals surface area (Å²) in [5, 5.41) is -2.31. The molecule has 0 spiro atoms. The summed E-state index contributed by atoms with van der Waals surface area (Å²) in [4.78, 5) is 38.4. The summed E-state index contributed by atoms with van der Waals surface area (Å²) in [6, 6.07) is 3.22. The minimum atomic E-state index is -6.54. The normalized spacial score (nSPS) is 28.4. The van der Waals surface area contributed by atoms with Crippen molar-refractivity contribution in [2.45, 2.75) is 40.7 Å². The number of halogens is 9. The van der Waals surface area contributed by atoms with E-state index in [0.29, 0.717) is 10.7 Å². The van der Waals surface area contributed by atoms with Gasteiger partial charge in [-0.2, -0.15) is 34.8 Å². The molecular weight excluding hydrogens is 931 g/mol. The Kier molecular flexibility index (Phi) is 8.45. The van der Waals surface area contributed by atoms with E-state index in [0.717, 1.165) is 11.8 Å². The maximum Gasteiger partial charge on any atom is 0.438 e. The van der Waals surface area contributed by atoms with Crippen LogP contribution in [0.4, 0.5) is 26.3 Å². The Hall–Kier alpha value is -0.340. The summed E-state index contributed by atoms with van der Waals surface area (Å²) >= 11 is 6.57. The van der Waals surface area contributed by atoms with Gasteiger partial charge in [-0.25, -0.2) is 4.79 Å². The Morgan fingerprint density at radius 2 is 1.64 bits per heavy atom. The molecule has 1 aromatic carbocycles. The quantitative estimate of drug-likeness (QED) is 0.112. The lowest BCUT2D eigenvalue weighted by molar-refractivity contribution is -0.362. The standard InChI is InChI=1S/C19H11F6I3O9S2/c20-18(21,22)17(19(23,24)25,3-39(32,33)34)37-16(31)8-7-12-11(36-15(7)30)10(13(8)38-12)35-14(29)5-1-4(26)2-6(27)9(5)28/h1-2,7-8,10-13H,3H2,(H,32,33,34). The van der Waals surface area contributed by atoms with Gasteiger partial charge in [0.05, 0.1) is 27.9 Å². The van der Waals surface area contributed by atoms with Crippen molar-refractivity contribution in [3.63, 3.8) is 0 Å². The van der Waals surface area contributed by atoms with E-state index in [9.17, 15) is 49.1 Å². The predicted molar refractivity (Wildman–Crippen MR) is 143 cm³/mol. The van der Waals surface area contributed by atoms with E-state index in [-0.39, 0.29) is 5.56 Å². The summed E-state index contributed by atoms with van der Waals surface area (Å²) in [6.07, 6.45) is -15.6. The molecule has 0 saturated carbocycles. The fourth-order valence-corrected chi connectivity index (χ4v) is 9.87. The van der Waals surface area contributed by atoms with Gasteiger partial charge in [-0.1, -0.05) is 0 Å². The third-order valence-electron chi connectivity index (χ3n) is 6.21. The Balaban J connectivity index is 1.68. The number of benzene rings is 1. The van der Waals surface area contributed by atoms with Crippen molar-refractivity contribution in [3.8, 4) is 0 Å². The molecule has 3 heterocycles. The Morgan fingerprint density at radius 1 is 1.05 bits per heavy atom. The molecule has 3 aliphatic heterocycles. The molecule has 3 saturated heterocycles. The molecule has 3 aliphatic rings. The smallest absolute Gasteiger partial charge is 0.438 e. The minimum Gasteiger partial charge on any atom is -0.457 e. The third kappa shape index (κ3) is 5.58. The molecule has 0 radical (unpaired) electrons. The highest BCUT2D eigenvalue weighted by Gasteiger charge is 2.78. The van der Waals surface area contributed by atoms with E-state index in [4.69, 9.17) is 14.0 Å². The summed E-state index contributed by atoms with van der Waals surface area (Å²) in [6.45, 7) is 0. The van der Waals surface area contributed by atoms with E-state index < -0.39 is 86.3 Å². The Morgan fingerprint density at radius 3 is 2.18 bits per heavy atom. The second-order valence-corrected chi connectivity index (χ2v) is 14.9. The average molecular weight is 942 g/mol. The van der Waals surface area contributed by atoms with Crippen molar-refractivity contribution in [2.75, 3.05) is 5.75 Å². The lowest BCUT2D eigenvalue weighted by Gasteiger charge is -2.37. The van der Waals surface area contributed by atoms with Crippen molar-refractivity contribution >= 4 is 108 Å². The van der Waals surface area contributed by atoms with Crippen LogP contribution in [0.1, 0.15) is 10.4 Å². The molecule has 20 heteroatoms. The number of alkyl halides is 6. The van der Waals surface area contributed by atoms with Gasteiger partial charge in [0.2, 0.25) is 0 Å². The second kappa shape index (κ2) is 10.4. The van der Waals surface area contributed by atoms with Gasteiger partial charge in [-0.3, -0.25) is 14.1 Å². The Bertz CT molecular complexity index is 1340. The first-order valence-corrected chi connectivity index (χ1v) is 16.0. The highest BCUT2D eigenvalue weighted by Crippen LogP contribution is 2.60. The maximum absolute atomic E-state index is 13.7. The number of rotatable bonds is 6. The van der Waals surface area contributed by atoms with Crippen molar-refractivity contribution in [3.05, 3.63) is 28.4 Å². The second-order valence-electron chi connectivity index (χ2n) is 8.61. The first-order chi connectivity index (χ1) is 17.7. The fourth-order valence-electron chi connectivity index (χ4n) is 4.60. The van der Waals surface area contributed by atoms with Crippen LogP contribution in [0.15, 0.2) is 12.1 Å². The van der Waals surface area contributed by atoms with Crippen LogP contribution in [0.5, 0.6) is 0 Å². The largest absolute Gasteiger partial charge is 0.457 e. The molecule has 216 valence electrons. The zero-order valence-corrected chi connectivity index (χ0v) is 26.4. The van der Waals surface area contributed by atoms with Gasteiger partial charge in [0, 0.05) is 10.7 Å². The molecule has 4 rings (SSSR count). The highest BCUT2D eigenvalue weighted by molar-refractivity contribution is 14.1. The van der Waals surface area contributed by atoms with E-state index >= 15 is 0 Å². The topological polar surface area (TPSA) is 133 Å². The zero-order valence-electron chi connectivity index (χ0n) is 18.3. The van der Waals surface area contributed by atoms with Crippen LogP contribution in [0, 0.1) is 22.5 Å². The summed E-state index contributed by atoms with van der Waals surface area (Å²) in [5.41, 5.74) is -5.56. The lowest BCUT2D eigenvalue weighted by atomic mass is 9.78. The van der Waals surface area contributed by atoms with Gasteiger partial charge >= 0.3 is 35.9 Å². The summed E-state index contributed by atoms with van der Waals surface area (Å²) in [5.74, 6) is -10.9. The number of carbonyl (C=O) groups is 3. The van der Waals surface area contributed by atoms with Gasteiger partial charge in [-0.15, -0.1) is 11.8 Å². The fraction of sp³-hybridized carbons (Fsp3) is 0.526. The number of thioether (sulfide) groups is 1. The molecule has 3 fully saturated rings. The Labute approximate surface area is 260 Å². The molecule has 39 heavy (non-hydrogen) atoms. The summed E-state index contributed by atoms with van der Waals surface area (Å²) < 4.78 is 130. The van der Waals surface area contributed by atoms with Crippen LogP contribution < -0.4 is 0 Å². The van der Waals surface area contributed by atoms with Crippen LogP contribution >= 0.6 is 79.5 Å². The van der Waals surface area contributed by atoms with E-state index in [1.54, 1.807) is 6.07 Å². The van der Waals surface area contributed by atoms with Crippen LogP contribution in [0.25, 0.3) is 0 Å². The van der Waals surface area contributed by atoms with Gasteiger partial charge in [0.1, 0.15) is 5.75 Å². The highest BCUT2D eigenvalue weighted by atomic mass is 127. The maximum atomic E-state index is 13.7. The molecule has 0 aromatic heterocycles. The number of hydrogen-bond donors (Lipinski definition) is 1. The first kappa shape index (κ1) is 31.6. The molecule has 9 nitrogen and oxygen atoms in total. The van der Waals surface area contributed by atoms with Crippen LogP contribution in [-0.4, -0.2) is 77.3 Å². The molecule has 2 bridgehead atoms. The lowest BCUT2D eigenvalue weighted by Crippen LogP contribution is -2.64. The van der Waals surface area contributed by atoms with E-state index in [1.165, 1.54) is 6.07 Å². The predicted octanol–water partition coefficient (Wildman–Crippen LogP) is 3.98. The molecule has 0 amide bonds. The molecule has 1 aromatic rings. The van der Waals surface area contributed by atoms with Crippen LogP contribution in [0.3, 0.4) is 0 Å². The van der Waals surface area contributed by atoms with Crippen molar-refractivity contribution in [2.24, 2.45) is 11.8 Å². The number of ether oxygens (including phenoxy) is 3. The molecular formula is C19H11F6I3O9S2. The molecule has 6 unspecified atom stereocenters. The molecule has 1 N–H and O–H groups in total. The minimum absolute atomic E-state index is 0.0842. The van der Waals surface area contributed by atoms with E-state index in [2.05, 4.69) is 4.74 Å². The van der Waals surface area contributed by atoms with Gasteiger partial charge < -0.3 is 14.2 Å². The van der Waals surface area contributed by atoms with E-state index in [1.807, 2.05) is 67.8 Å². The SMILES string of the molecule is O=C(OC1C2OC(=O)C3C2SC1C3C(=O)OC(CS(=O)(=O)O)(C(F)(F)F)C(F)(F)F)c1cc(I)cc(I)c1I.